The molecule has 1 amide bonds. The van der Waals surface area contributed by atoms with Crippen molar-refractivity contribution in [1.29, 1.82) is 0 Å². The second kappa shape index (κ2) is 6.69. The number of nitro benzene ring substituents is 1. The van der Waals surface area contributed by atoms with Gasteiger partial charge < -0.3 is 9.15 Å². The summed E-state index contributed by atoms with van der Waals surface area (Å²) in [5.41, 5.74) is 0.509. The zero-order valence-corrected chi connectivity index (χ0v) is 14.8. The van der Waals surface area contributed by atoms with Crippen LogP contribution in [0.2, 0.25) is 0 Å². The fourth-order valence-corrected chi connectivity index (χ4v) is 3.41. The van der Waals surface area contributed by atoms with E-state index in [2.05, 4.69) is 0 Å². The first-order valence-corrected chi connectivity index (χ1v) is 8.27. The van der Waals surface area contributed by atoms with Crippen molar-refractivity contribution < 1.29 is 18.9 Å². The van der Waals surface area contributed by atoms with Crippen LogP contribution in [-0.4, -0.2) is 34.2 Å². The van der Waals surface area contributed by atoms with Crippen molar-refractivity contribution >= 4 is 46.0 Å². The van der Waals surface area contributed by atoms with Gasteiger partial charge in [0.2, 0.25) is 0 Å². The number of nitro groups is 1. The van der Waals surface area contributed by atoms with E-state index in [1.165, 1.54) is 35.9 Å². The van der Waals surface area contributed by atoms with Gasteiger partial charge in [-0.05, 0) is 18.2 Å². The van der Waals surface area contributed by atoms with Crippen LogP contribution in [0.5, 0.6) is 5.75 Å². The maximum atomic E-state index is 12.0. The number of hydrogen-bond acceptors (Lipinski definition) is 7. The normalized spacial score (nSPS) is 15.9. The summed E-state index contributed by atoms with van der Waals surface area (Å²) in [6.07, 6.45) is 1.62. The lowest BCUT2D eigenvalue weighted by molar-refractivity contribution is -0.384. The van der Waals surface area contributed by atoms with Crippen LogP contribution >= 0.6 is 24.0 Å². The van der Waals surface area contributed by atoms with E-state index in [-0.39, 0.29) is 11.6 Å². The Hall–Kier alpha value is -2.65. The summed E-state index contributed by atoms with van der Waals surface area (Å²) < 4.78 is 11.4. The summed E-state index contributed by atoms with van der Waals surface area (Å²) in [7, 11) is 3.05. The van der Waals surface area contributed by atoms with Gasteiger partial charge in [0, 0.05) is 19.2 Å². The van der Waals surface area contributed by atoms with Crippen molar-refractivity contribution in [2.75, 3.05) is 14.2 Å². The van der Waals surface area contributed by atoms with Crippen molar-refractivity contribution in [3.05, 3.63) is 51.1 Å². The number of thiocarbonyl (C=S) groups is 1. The van der Waals surface area contributed by atoms with Crippen LogP contribution in [0, 0.1) is 10.1 Å². The number of rotatable bonds is 4. The summed E-state index contributed by atoms with van der Waals surface area (Å²) in [6, 6.07) is 7.69. The number of nitrogens with zero attached hydrogens (tertiary/aromatic N) is 2. The van der Waals surface area contributed by atoms with Crippen molar-refractivity contribution in [3.8, 4) is 17.1 Å². The van der Waals surface area contributed by atoms with Crippen molar-refractivity contribution in [3.63, 3.8) is 0 Å². The molecule has 0 unspecified atom stereocenters. The molecule has 0 bridgehead atoms. The highest BCUT2D eigenvalue weighted by Crippen LogP contribution is 2.36. The summed E-state index contributed by atoms with van der Waals surface area (Å²) >= 11 is 6.29. The van der Waals surface area contributed by atoms with Gasteiger partial charge >= 0.3 is 0 Å². The molecule has 0 atom stereocenters. The average molecular weight is 376 g/mol. The van der Waals surface area contributed by atoms with Gasteiger partial charge in [0.05, 0.1) is 28.6 Å². The zero-order chi connectivity index (χ0) is 18.1. The minimum absolute atomic E-state index is 0.0704. The highest BCUT2D eigenvalue weighted by atomic mass is 32.2. The predicted molar refractivity (Wildman–Crippen MR) is 98.3 cm³/mol. The maximum absolute atomic E-state index is 12.0. The number of amides is 1. The number of hydrogen-bond donors (Lipinski definition) is 0. The van der Waals surface area contributed by atoms with Gasteiger partial charge in [0.25, 0.3) is 11.6 Å². The number of methoxy groups -OCH3 is 1. The molecule has 3 rings (SSSR count). The number of non-ortho nitro benzene ring substituents is 1. The SMILES string of the molecule is COc1cc([N+](=O)[O-])ccc1-c1ccc(/C=C2\SC(=S)N(C)C2=O)o1. The molecule has 2 aromatic rings. The molecule has 25 heavy (non-hydrogen) atoms. The number of carbonyl (C=O) groups is 1. The van der Waals surface area contributed by atoms with Crippen molar-refractivity contribution in [2.24, 2.45) is 0 Å². The number of ether oxygens (including phenoxy) is 1. The largest absolute Gasteiger partial charge is 0.496 e. The molecule has 1 saturated heterocycles. The van der Waals surface area contributed by atoms with Gasteiger partial charge in [0.15, 0.2) is 0 Å². The summed E-state index contributed by atoms with van der Waals surface area (Å²) in [4.78, 5) is 24.3. The predicted octanol–water partition coefficient (Wildman–Crippen LogP) is 3.69. The zero-order valence-electron chi connectivity index (χ0n) is 13.2. The van der Waals surface area contributed by atoms with Crippen LogP contribution in [0.4, 0.5) is 5.69 Å². The Morgan fingerprint density at radius 3 is 2.72 bits per heavy atom. The van der Waals surface area contributed by atoms with Crippen LogP contribution in [0.1, 0.15) is 5.76 Å². The molecule has 0 saturated carbocycles. The topological polar surface area (TPSA) is 85.8 Å². The van der Waals surface area contributed by atoms with E-state index in [9.17, 15) is 14.9 Å². The first-order chi connectivity index (χ1) is 11.9. The van der Waals surface area contributed by atoms with Gasteiger partial charge in [-0.3, -0.25) is 19.8 Å². The average Bonchev–Trinajstić information content (AvgIpc) is 3.15. The Labute approximate surface area is 152 Å². The molecule has 1 aliphatic rings. The van der Waals surface area contributed by atoms with E-state index < -0.39 is 4.92 Å². The van der Waals surface area contributed by atoms with E-state index in [4.69, 9.17) is 21.4 Å². The molecule has 1 aromatic heterocycles. The molecular weight excluding hydrogens is 364 g/mol. The molecule has 9 heteroatoms. The second-order valence-electron chi connectivity index (χ2n) is 5.08. The molecule has 1 aliphatic heterocycles. The first kappa shape index (κ1) is 17.2. The monoisotopic (exact) mass is 376 g/mol. The van der Waals surface area contributed by atoms with E-state index >= 15 is 0 Å². The molecule has 1 aromatic carbocycles. The number of furan rings is 1. The molecule has 0 aliphatic carbocycles. The Kier molecular flexibility index (Phi) is 4.60. The molecule has 0 radical (unpaired) electrons. The standard InChI is InChI=1S/C16H12N2O5S2/c1-17-15(19)14(25-16(17)24)8-10-4-6-12(23-10)11-5-3-9(18(20)21)7-13(11)22-2/h3-8H,1-2H3/b14-8-. The van der Waals surface area contributed by atoms with Crippen molar-refractivity contribution in [2.45, 2.75) is 0 Å². The highest BCUT2D eigenvalue weighted by Gasteiger charge is 2.29. The van der Waals surface area contributed by atoms with E-state index in [0.717, 1.165) is 0 Å². The smallest absolute Gasteiger partial charge is 0.273 e. The Balaban J connectivity index is 1.93. The van der Waals surface area contributed by atoms with E-state index in [0.29, 0.717) is 32.1 Å². The van der Waals surface area contributed by atoms with E-state index in [1.54, 1.807) is 31.3 Å². The van der Waals surface area contributed by atoms with Crippen LogP contribution in [-0.2, 0) is 4.79 Å². The third-order valence-corrected chi connectivity index (χ3v) is 5.03. The Morgan fingerprint density at radius 2 is 2.12 bits per heavy atom. The van der Waals surface area contributed by atoms with Gasteiger partial charge in [0.1, 0.15) is 21.6 Å². The first-order valence-electron chi connectivity index (χ1n) is 7.05. The lowest BCUT2D eigenvalue weighted by atomic mass is 10.1. The van der Waals surface area contributed by atoms with Gasteiger partial charge in [-0.25, -0.2) is 0 Å². The summed E-state index contributed by atoms with van der Waals surface area (Å²) in [6.45, 7) is 0. The summed E-state index contributed by atoms with van der Waals surface area (Å²) in [5.74, 6) is 1.10. The van der Waals surface area contributed by atoms with Crippen LogP contribution in [0.25, 0.3) is 17.4 Å². The van der Waals surface area contributed by atoms with E-state index in [1.807, 2.05) is 0 Å². The number of likely N-dealkylation sites (N-methyl/N-ethyl adjacent to an activating group) is 1. The number of carbonyl (C=O) groups excluding carboxylic acids is 1. The van der Waals surface area contributed by atoms with Crippen LogP contribution in [0.15, 0.2) is 39.7 Å². The molecule has 7 nitrogen and oxygen atoms in total. The lowest BCUT2D eigenvalue weighted by Gasteiger charge is -2.05. The highest BCUT2D eigenvalue weighted by molar-refractivity contribution is 8.26. The van der Waals surface area contributed by atoms with Crippen LogP contribution < -0.4 is 4.74 Å². The van der Waals surface area contributed by atoms with Gasteiger partial charge in [-0.2, -0.15) is 0 Å². The number of benzene rings is 1. The molecule has 0 spiro atoms. The Bertz CT molecular complexity index is 919. The minimum atomic E-state index is -0.493. The quantitative estimate of drug-likeness (QED) is 0.348. The lowest BCUT2D eigenvalue weighted by Crippen LogP contribution is -2.22. The fourth-order valence-electron chi connectivity index (χ4n) is 2.25. The molecule has 128 valence electrons. The third kappa shape index (κ3) is 3.28. The van der Waals surface area contributed by atoms with Gasteiger partial charge in [-0.1, -0.05) is 24.0 Å². The summed E-state index contributed by atoms with van der Waals surface area (Å²) in [5, 5.41) is 10.9. The minimum Gasteiger partial charge on any atom is -0.496 e. The van der Waals surface area contributed by atoms with Gasteiger partial charge in [-0.15, -0.1) is 0 Å². The fraction of sp³-hybridized carbons (Fsp3) is 0.125. The van der Waals surface area contributed by atoms with Crippen molar-refractivity contribution in [1.82, 2.24) is 4.90 Å². The molecule has 1 fully saturated rings. The molecular formula is C16H12N2O5S2. The molecule has 2 heterocycles. The maximum Gasteiger partial charge on any atom is 0.273 e. The number of thioether (sulfide) groups is 1. The Morgan fingerprint density at radius 1 is 1.36 bits per heavy atom. The molecule has 0 N–H and O–H groups in total. The third-order valence-electron chi connectivity index (χ3n) is 3.55. The second-order valence-corrected chi connectivity index (χ2v) is 6.76. The van der Waals surface area contributed by atoms with Crippen LogP contribution in [0.3, 0.4) is 0 Å².